The third kappa shape index (κ3) is 1.95. The van der Waals surface area contributed by atoms with Crippen LogP contribution < -0.4 is 4.74 Å². The van der Waals surface area contributed by atoms with Crippen LogP contribution >= 0.6 is 11.3 Å². The molecular weight excluding hydrogens is 244 g/mol. The van der Waals surface area contributed by atoms with Gasteiger partial charge in [-0.2, -0.15) is 0 Å². The zero-order valence-electron chi connectivity index (χ0n) is 10.2. The van der Waals surface area contributed by atoms with Gasteiger partial charge in [-0.25, -0.2) is 9.97 Å². The molecule has 2 aromatic heterocycles. The molecule has 0 N–H and O–H groups in total. The lowest BCUT2D eigenvalue weighted by Crippen LogP contribution is -1.89. The highest BCUT2D eigenvalue weighted by Crippen LogP contribution is 2.27. The smallest absolute Gasteiger partial charge is 0.213 e. The summed E-state index contributed by atoms with van der Waals surface area (Å²) in [6.07, 6.45) is 0. The predicted molar refractivity (Wildman–Crippen MR) is 74.1 cm³/mol. The van der Waals surface area contributed by atoms with E-state index in [0.717, 1.165) is 21.8 Å². The van der Waals surface area contributed by atoms with Crippen LogP contribution in [0, 0.1) is 6.92 Å². The molecule has 0 unspecified atom stereocenters. The summed E-state index contributed by atoms with van der Waals surface area (Å²) in [5, 5.41) is 1.08. The van der Waals surface area contributed by atoms with Crippen molar-refractivity contribution in [1.82, 2.24) is 9.97 Å². The molecule has 3 aromatic rings. The number of nitrogens with zero attached hydrogens (tertiary/aromatic N) is 2. The van der Waals surface area contributed by atoms with Gasteiger partial charge in [-0.3, -0.25) is 0 Å². The Morgan fingerprint density at radius 3 is 2.83 bits per heavy atom. The second-order valence-corrected chi connectivity index (χ2v) is 5.22. The molecule has 1 aromatic carbocycles. The predicted octanol–water partition coefficient (Wildman–Crippen LogP) is 3.68. The van der Waals surface area contributed by atoms with Crippen molar-refractivity contribution in [3.63, 3.8) is 0 Å². The molecule has 0 bridgehead atoms. The van der Waals surface area contributed by atoms with Crippen molar-refractivity contribution < 1.29 is 4.74 Å². The first-order valence-electron chi connectivity index (χ1n) is 5.65. The second kappa shape index (κ2) is 4.38. The fourth-order valence-electron chi connectivity index (χ4n) is 1.89. The van der Waals surface area contributed by atoms with Gasteiger partial charge in [0.25, 0.3) is 0 Å². The molecule has 90 valence electrons. The fourth-order valence-corrected chi connectivity index (χ4v) is 2.70. The van der Waals surface area contributed by atoms with Crippen LogP contribution in [-0.4, -0.2) is 17.1 Å². The van der Waals surface area contributed by atoms with Crippen LogP contribution in [0.25, 0.3) is 21.5 Å². The van der Waals surface area contributed by atoms with E-state index in [4.69, 9.17) is 4.74 Å². The van der Waals surface area contributed by atoms with Crippen molar-refractivity contribution in [2.45, 2.75) is 6.92 Å². The summed E-state index contributed by atoms with van der Waals surface area (Å²) in [4.78, 5) is 8.93. The normalized spacial score (nSPS) is 10.8. The summed E-state index contributed by atoms with van der Waals surface area (Å²) in [6.45, 7) is 2.02. The molecule has 3 nitrogen and oxygen atoms in total. The molecule has 4 heteroatoms. The van der Waals surface area contributed by atoms with E-state index in [1.54, 1.807) is 18.4 Å². The summed E-state index contributed by atoms with van der Waals surface area (Å²) in [5.74, 6) is 0.627. The van der Waals surface area contributed by atoms with Gasteiger partial charge in [0.05, 0.1) is 28.0 Å². The number of thiazole rings is 1. The number of methoxy groups -OCH3 is 1. The van der Waals surface area contributed by atoms with Crippen molar-refractivity contribution in [1.29, 1.82) is 0 Å². The summed E-state index contributed by atoms with van der Waals surface area (Å²) < 4.78 is 6.35. The van der Waals surface area contributed by atoms with E-state index in [-0.39, 0.29) is 0 Å². The molecule has 3 rings (SSSR count). The first-order valence-corrected chi connectivity index (χ1v) is 6.46. The van der Waals surface area contributed by atoms with Gasteiger partial charge >= 0.3 is 0 Å². The lowest BCUT2D eigenvalue weighted by Gasteiger charge is -2.03. The van der Waals surface area contributed by atoms with Crippen molar-refractivity contribution in [2.24, 2.45) is 0 Å². The SMILES string of the molecule is COc1cccc(-c2ccc3sc(C)nc3c2)n1. The Bertz CT molecular complexity index is 706. The van der Waals surface area contributed by atoms with Gasteiger partial charge in [0.1, 0.15) is 0 Å². The molecule has 0 aliphatic rings. The number of benzene rings is 1. The minimum absolute atomic E-state index is 0.627. The summed E-state index contributed by atoms with van der Waals surface area (Å²) >= 11 is 1.71. The van der Waals surface area contributed by atoms with E-state index < -0.39 is 0 Å². The third-order valence-electron chi connectivity index (χ3n) is 2.72. The fraction of sp³-hybridized carbons (Fsp3) is 0.143. The number of pyridine rings is 1. The minimum atomic E-state index is 0.627. The van der Waals surface area contributed by atoms with Crippen LogP contribution in [-0.2, 0) is 0 Å². The maximum Gasteiger partial charge on any atom is 0.213 e. The van der Waals surface area contributed by atoms with Crippen LogP contribution in [0.5, 0.6) is 5.88 Å². The standard InChI is InChI=1S/C14H12N2OS/c1-9-15-12-8-10(6-7-13(12)18-9)11-4-3-5-14(16-11)17-2/h3-8H,1-2H3. The number of hydrogen-bond acceptors (Lipinski definition) is 4. The number of aryl methyl sites for hydroxylation is 1. The number of fused-ring (bicyclic) bond motifs is 1. The van der Waals surface area contributed by atoms with Crippen molar-refractivity contribution >= 4 is 21.6 Å². The van der Waals surface area contributed by atoms with Crippen LogP contribution in [0.4, 0.5) is 0 Å². The van der Waals surface area contributed by atoms with Crippen LogP contribution in [0.15, 0.2) is 36.4 Å². The molecule has 2 heterocycles. The highest BCUT2D eigenvalue weighted by molar-refractivity contribution is 7.18. The number of ether oxygens (including phenoxy) is 1. The van der Waals surface area contributed by atoms with Gasteiger partial charge in [0.2, 0.25) is 5.88 Å². The van der Waals surface area contributed by atoms with Crippen LogP contribution in [0.1, 0.15) is 5.01 Å². The topological polar surface area (TPSA) is 35.0 Å². The largest absolute Gasteiger partial charge is 0.481 e. The van der Waals surface area contributed by atoms with Gasteiger partial charge < -0.3 is 4.74 Å². The summed E-state index contributed by atoms with van der Waals surface area (Å²) in [6, 6.07) is 12.0. The lowest BCUT2D eigenvalue weighted by molar-refractivity contribution is 0.398. The molecule has 18 heavy (non-hydrogen) atoms. The average Bonchev–Trinajstić information content (AvgIpc) is 2.77. The summed E-state index contributed by atoms with van der Waals surface area (Å²) in [5.41, 5.74) is 2.99. The highest BCUT2D eigenvalue weighted by Gasteiger charge is 2.05. The number of aromatic nitrogens is 2. The molecule has 0 fully saturated rings. The molecule has 0 radical (unpaired) electrons. The molecule has 0 aliphatic carbocycles. The van der Waals surface area contributed by atoms with Gasteiger partial charge in [-0.05, 0) is 25.1 Å². The Morgan fingerprint density at radius 2 is 2.00 bits per heavy atom. The van der Waals surface area contributed by atoms with E-state index in [1.165, 1.54) is 4.70 Å². The molecule has 0 saturated heterocycles. The Morgan fingerprint density at radius 1 is 1.11 bits per heavy atom. The first kappa shape index (κ1) is 11.2. The Balaban J connectivity index is 2.12. The van der Waals surface area contributed by atoms with Crippen molar-refractivity contribution in [3.05, 3.63) is 41.4 Å². The van der Waals surface area contributed by atoms with Crippen LogP contribution in [0.2, 0.25) is 0 Å². The number of hydrogen-bond donors (Lipinski definition) is 0. The first-order chi connectivity index (χ1) is 8.76. The Hall–Kier alpha value is -1.94. The minimum Gasteiger partial charge on any atom is -0.481 e. The monoisotopic (exact) mass is 256 g/mol. The van der Waals surface area contributed by atoms with Gasteiger partial charge in [-0.1, -0.05) is 12.1 Å². The Kier molecular flexibility index (Phi) is 2.72. The molecule has 0 aliphatic heterocycles. The van der Waals surface area contributed by atoms with E-state index in [9.17, 15) is 0 Å². The van der Waals surface area contributed by atoms with Gasteiger partial charge in [0, 0.05) is 11.6 Å². The Labute approximate surface area is 109 Å². The zero-order valence-corrected chi connectivity index (χ0v) is 11.0. The quantitative estimate of drug-likeness (QED) is 0.701. The molecule has 0 atom stereocenters. The third-order valence-corrected chi connectivity index (χ3v) is 3.67. The van der Waals surface area contributed by atoms with Crippen LogP contribution in [0.3, 0.4) is 0 Å². The molecule has 0 saturated carbocycles. The van der Waals surface area contributed by atoms with E-state index >= 15 is 0 Å². The van der Waals surface area contributed by atoms with E-state index in [2.05, 4.69) is 28.2 Å². The van der Waals surface area contributed by atoms with Gasteiger partial charge in [0.15, 0.2) is 0 Å². The van der Waals surface area contributed by atoms with Gasteiger partial charge in [-0.15, -0.1) is 11.3 Å². The number of rotatable bonds is 2. The molecular formula is C14H12N2OS. The zero-order chi connectivity index (χ0) is 12.5. The van der Waals surface area contributed by atoms with E-state index in [1.807, 2.05) is 25.1 Å². The summed E-state index contributed by atoms with van der Waals surface area (Å²) in [7, 11) is 1.62. The van der Waals surface area contributed by atoms with Crippen molar-refractivity contribution in [3.8, 4) is 17.1 Å². The van der Waals surface area contributed by atoms with Crippen molar-refractivity contribution in [2.75, 3.05) is 7.11 Å². The highest BCUT2D eigenvalue weighted by atomic mass is 32.1. The maximum absolute atomic E-state index is 5.14. The second-order valence-electron chi connectivity index (χ2n) is 3.98. The maximum atomic E-state index is 5.14. The van der Waals surface area contributed by atoms with E-state index in [0.29, 0.717) is 5.88 Å². The lowest BCUT2D eigenvalue weighted by atomic mass is 10.1. The molecule has 0 amide bonds. The molecule has 0 spiro atoms. The average molecular weight is 256 g/mol.